The molecule has 2 atom stereocenters. The molecule has 2 N–H and O–H groups in total. The average Bonchev–Trinajstić information content (AvgIpc) is 2.71. The van der Waals surface area contributed by atoms with Crippen molar-refractivity contribution in [1.29, 1.82) is 0 Å². The van der Waals surface area contributed by atoms with Crippen molar-refractivity contribution >= 4 is 11.3 Å². The minimum Gasteiger partial charge on any atom is -0.319 e. The Labute approximate surface area is 95.9 Å². The Hall–Kier alpha value is -0.410. The molecule has 0 saturated heterocycles. The van der Waals surface area contributed by atoms with E-state index in [0.29, 0.717) is 0 Å². The van der Waals surface area contributed by atoms with Gasteiger partial charge in [0, 0.05) is 11.6 Å². The highest BCUT2D eigenvalue weighted by Gasteiger charge is 2.37. The molecule has 1 fully saturated rings. The summed E-state index contributed by atoms with van der Waals surface area (Å²) in [4.78, 5) is 4.40. The standard InChI is InChI=1S/C12H20N2S/c1-9(2)10-4-3-5-12(13,8-10)11-14-6-7-15-11/h6-7,9-10H,3-5,8,13H2,1-2H3. The summed E-state index contributed by atoms with van der Waals surface area (Å²) in [6.45, 7) is 4.61. The summed E-state index contributed by atoms with van der Waals surface area (Å²) in [6, 6.07) is 0. The average molecular weight is 224 g/mol. The van der Waals surface area contributed by atoms with E-state index < -0.39 is 0 Å². The van der Waals surface area contributed by atoms with Crippen LogP contribution in [0.15, 0.2) is 11.6 Å². The quantitative estimate of drug-likeness (QED) is 0.838. The van der Waals surface area contributed by atoms with Crippen molar-refractivity contribution in [2.24, 2.45) is 17.6 Å². The predicted octanol–water partition coefficient (Wildman–Crippen LogP) is 3.14. The molecule has 15 heavy (non-hydrogen) atoms. The summed E-state index contributed by atoms with van der Waals surface area (Å²) in [5.74, 6) is 1.51. The molecule has 2 nitrogen and oxygen atoms in total. The first-order valence-corrected chi connectivity index (χ1v) is 6.68. The predicted molar refractivity (Wildman–Crippen MR) is 64.8 cm³/mol. The molecule has 0 bridgehead atoms. The molecule has 1 heterocycles. The lowest BCUT2D eigenvalue weighted by Gasteiger charge is -2.38. The fourth-order valence-electron chi connectivity index (χ4n) is 2.58. The normalized spacial score (nSPS) is 32.1. The van der Waals surface area contributed by atoms with Gasteiger partial charge in [-0.3, -0.25) is 0 Å². The van der Waals surface area contributed by atoms with Crippen LogP contribution in [0.3, 0.4) is 0 Å². The third-order valence-electron chi connectivity index (χ3n) is 3.63. The first-order valence-electron chi connectivity index (χ1n) is 5.81. The summed E-state index contributed by atoms with van der Waals surface area (Å²) in [5.41, 5.74) is 6.36. The Kier molecular flexibility index (Phi) is 3.12. The second-order valence-corrected chi connectivity index (χ2v) is 5.99. The Morgan fingerprint density at radius 2 is 2.40 bits per heavy atom. The molecule has 0 spiro atoms. The van der Waals surface area contributed by atoms with Gasteiger partial charge in [0.05, 0.1) is 5.54 Å². The molecule has 3 heteroatoms. The Balaban J connectivity index is 2.15. The molecule has 2 unspecified atom stereocenters. The zero-order valence-corrected chi connectivity index (χ0v) is 10.4. The van der Waals surface area contributed by atoms with Gasteiger partial charge in [-0.05, 0) is 24.7 Å². The second kappa shape index (κ2) is 4.22. The number of rotatable bonds is 2. The van der Waals surface area contributed by atoms with Gasteiger partial charge in [-0.2, -0.15) is 0 Å². The van der Waals surface area contributed by atoms with Gasteiger partial charge in [0.25, 0.3) is 0 Å². The van der Waals surface area contributed by atoms with E-state index in [2.05, 4.69) is 18.8 Å². The molecule has 1 aliphatic rings. The number of hydrogen-bond acceptors (Lipinski definition) is 3. The van der Waals surface area contributed by atoms with Crippen LogP contribution in [-0.2, 0) is 5.54 Å². The Bertz CT molecular complexity index is 307. The van der Waals surface area contributed by atoms with Crippen LogP contribution in [0.25, 0.3) is 0 Å². The van der Waals surface area contributed by atoms with E-state index in [1.807, 2.05) is 11.6 Å². The highest BCUT2D eigenvalue weighted by atomic mass is 32.1. The van der Waals surface area contributed by atoms with Gasteiger partial charge < -0.3 is 5.73 Å². The number of hydrogen-bond donors (Lipinski definition) is 1. The highest BCUT2D eigenvalue weighted by molar-refractivity contribution is 7.09. The lowest BCUT2D eigenvalue weighted by atomic mass is 9.72. The largest absolute Gasteiger partial charge is 0.319 e. The van der Waals surface area contributed by atoms with Crippen molar-refractivity contribution in [3.63, 3.8) is 0 Å². The van der Waals surface area contributed by atoms with Crippen LogP contribution in [0.5, 0.6) is 0 Å². The molecule has 0 radical (unpaired) electrons. The topological polar surface area (TPSA) is 38.9 Å². The van der Waals surface area contributed by atoms with Gasteiger partial charge in [0.2, 0.25) is 0 Å². The number of nitrogens with two attached hydrogens (primary N) is 1. The molecule has 1 aromatic rings. The van der Waals surface area contributed by atoms with Crippen molar-refractivity contribution < 1.29 is 0 Å². The van der Waals surface area contributed by atoms with Crippen LogP contribution in [0.1, 0.15) is 44.5 Å². The van der Waals surface area contributed by atoms with Crippen LogP contribution in [0.4, 0.5) is 0 Å². The summed E-state index contributed by atoms with van der Waals surface area (Å²) in [6.07, 6.45) is 6.66. The van der Waals surface area contributed by atoms with E-state index in [1.165, 1.54) is 12.8 Å². The summed E-state index contributed by atoms with van der Waals surface area (Å²) >= 11 is 1.71. The van der Waals surface area contributed by atoms with E-state index in [-0.39, 0.29) is 5.54 Å². The summed E-state index contributed by atoms with van der Waals surface area (Å²) in [7, 11) is 0. The molecule has 1 aromatic heterocycles. The van der Waals surface area contributed by atoms with Crippen molar-refractivity contribution in [2.45, 2.75) is 45.1 Å². The molecule has 2 rings (SSSR count). The number of nitrogens with zero attached hydrogens (tertiary/aromatic N) is 1. The first-order chi connectivity index (χ1) is 7.12. The third kappa shape index (κ3) is 2.23. The lowest BCUT2D eigenvalue weighted by Crippen LogP contribution is -2.42. The smallest absolute Gasteiger partial charge is 0.112 e. The van der Waals surface area contributed by atoms with Gasteiger partial charge >= 0.3 is 0 Å². The number of aromatic nitrogens is 1. The van der Waals surface area contributed by atoms with E-state index in [9.17, 15) is 0 Å². The molecule has 0 aromatic carbocycles. The first kappa shape index (κ1) is 11.1. The SMILES string of the molecule is CC(C)C1CCCC(N)(c2nccs2)C1. The van der Waals surface area contributed by atoms with Gasteiger partial charge in [0.15, 0.2) is 0 Å². The maximum Gasteiger partial charge on any atom is 0.112 e. The third-order valence-corrected chi connectivity index (χ3v) is 4.62. The fraction of sp³-hybridized carbons (Fsp3) is 0.750. The van der Waals surface area contributed by atoms with Crippen LogP contribution in [0, 0.1) is 11.8 Å². The lowest BCUT2D eigenvalue weighted by molar-refractivity contribution is 0.183. The Morgan fingerprint density at radius 1 is 1.60 bits per heavy atom. The highest BCUT2D eigenvalue weighted by Crippen LogP contribution is 2.41. The maximum atomic E-state index is 6.50. The molecule has 84 valence electrons. The second-order valence-electron chi connectivity index (χ2n) is 5.09. The van der Waals surface area contributed by atoms with Crippen LogP contribution in [-0.4, -0.2) is 4.98 Å². The molecule has 1 saturated carbocycles. The van der Waals surface area contributed by atoms with Crippen LogP contribution in [0.2, 0.25) is 0 Å². The fourth-order valence-corrected chi connectivity index (χ4v) is 3.38. The van der Waals surface area contributed by atoms with E-state index in [1.54, 1.807) is 11.3 Å². The summed E-state index contributed by atoms with van der Waals surface area (Å²) in [5, 5.41) is 3.16. The van der Waals surface area contributed by atoms with Gasteiger partial charge in [-0.1, -0.05) is 26.7 Å². The molecule has 0 amide bonds. The Morgan fingerprint density at radius 3 is 3.00 bits per heavy atom. The van der Waals surface area contributed by atoms with Gasteiger partial charge in [-0.25, -0.2) is 4.98 Å². The number of thiazole rings is 1. The van der Waals surface area contributed by atoms with Gasteiger partial charge in [-0.15, -0.1) is 11.3 Å². The minimum atomic E-state index is -0.138. The maximum absolute atomic E-state index is 6.50. The molecular formula is C12H20N2S. The zero-order chi connectivity index (χ0) is 10.9. The van der Waals surface area contributed by atoms with Crippen molar-refractivity contribution in [2.75, 3.05) is 0 Å². The monoisotopic (exact) mass is 224 g/mol. The summed E-state index contributed by atoms with van der Waals surface area (Å²) < 4.78 is 0. The van der Waals surface area contributed by atoms with E-state index >= 15 is 0 Å². The van der Waals surface area contributed by atoms with Crippen LogP contribution < -0.4 is 5.73 Å². The van der Waals surface area contributed by atoms with Crippen molar-refractivity contribution in [3.05, 3.63) is 16.6 Å². The van der Waals surface area contributed by atoms with Crippen molar-refractivity contribution in [1.82, 2.24) is 4.98 Å². The van der Waals surface area contributed by atoms with Gasteiger partial charge in [0.1, 0.15) is 5.01 Å². The van der Waals surface area contributed by atoms with E-state index in [0.717, 1.165) is 29.7 Å². The molecule has 0 aliphatic heterocycles. The van der Waals surface area contributed by atoms with E-state index in [4.69, 9.17) is 5.73 Å². The molecule has 1 aliphatic carbocycles. The van der Waals surface area contributed by atoms with Crippen molar-refractivity contribution in [3.8, 4) is 0 Å². The van der Waals surface area contributed by atoms with Crippen LogP contribution >= 0.6 is 11.3 Å². The minimum absolute atomic E-state index is 0.138. The zero-order valence-electron chi connectivity index (χ0n) is 9.57. The molecular weight excluding hydrogens is 204 g/mol.